The summed E-state index contributed by atoms with van der Waals surface area (Å²) in [6.45, 7) is 0. The Labute approximate surface area is 129 Å². The Bertz CT molecular complexity index is 810. The summed E-state index contributed by atoms with van der Waals surface area (Å²) in [6.07, 6.45) is -2.17. The van der Waals surface area contributed by atoms with E-state index in [0.717, 1.165) is 12.3 Å². The number of hydrogen-bond donors (Lipinski definition) is 1. The van der Waals surface area contributed by atoms with Crippen molar-refractivity contribution in [2.24, 2.45) is 12.1 Å². The van der Waals surface area contributed by atoms with Crippen LogP contribution in [0.25, 0.3) is 0 Å². The Hall–Kier alpha value is -2.90. The number of aromatic nitrogens is 1. The molecular weight excluding hydrogens is 311 g/mol. The third-order valence-corrected chi connectivity index (χ3v) is 3.00. The monoisotopic (exact) mass is 323 g/mol. The summed E-state index contributed by atoms with van der Waals surface area (Å²) in [7, 11) is 1.47. The molecule has 0 atom stereocenters. The molecule has 0 aliphatic rings. The first-order chi connectivity index (χ1) is 10.8. The van der Waals surface area contributed by atoms with Crippen LogP contribution in [0, 0.1) is 0 Å². The molecule has 1 N–H and O–H groups in total. The highest BCUT2D eigenvalue weighted by Gasteiger charge is 2.32. The lowest BCUT2D eigenvalue weighted by molar-refractivity contribution is -0.137. The van der Waals surface area contributed by atoms with E-state index in [2.05, 4.69) is 5.10 Å². The zero-order valence-electron chi connectivity index (χ0n) is 12.0. The third kappa shape index (κ3) is 3.85. The fraction of sp³-hybridized carbons (Fsp3) is 0.133. The molecule has 23 heavy (non-hydrogen) atoms. The number of carbonyl (C=O) groups is 1. The number of halogens is 3. The van der Waals surface area contributed by atoms with Crippen LogP contribution in [0.4, 0.5) is 13.2 Å². The highest BCUT2D eigenvalue weighted by molar-refractivity contribution is 5.94. The number of nitrogens with zero attached hydrogens (tertiary/aromatic N) is 2. The van der Waals surface area contributed by atoms with Gasteiger partial charge in [-0.15, -0.1) is 0 Å². The van der Waals surface area contributed by atoms with Gasteiger partial charge in [-0.1, -0.05) is 18.2 Å². The molecule has 0 bridgehead atoms. The van der Waals surface area contributed by atoms with E-state index in [1.807, 2.05) is 5.43 Å². The molecule has 0 unspecified atom stereocenters. The largest absolute Gasteiger partial charge is 0.417 e. The molecule has 2 aromatic rings. The van der Waals surface area contributed by atoms with Crippen LogP contribution in [0.3, 0.4) is 0 Å². The number of rotatable bonds is 3. The lowest BCUT2D eigenvalue weighted by atomic mass is 10.1. The Morgan fingerprint density at radius 3 is 2.61 bits per heavy atom. The van der Waals surface area contributed by atoms with Gasteiger partial charge in [0.2, 0.25) is 0 Å². The second-order valence-corrected chi connectivity index (χ2v) is 4.62. The van der Waals surface area contributed by atoms with Gasteiger partial charge in [0.15, 0.2) is 0 Å². The average Bonchev–Trinajstić information content (AvgIpc) is 2.49. The molecule has 1 aromatic heterocycles. The van der Waals surface area contributed by atoms with Crippen LogP contribution < -0.4 is 11.0 Å². The third-order valence-electron chi connectivity index (χ3n) is 3.00. The molecule has 8 heteroatoms. The van der Waals surface area contributed by atoms with Crippen LogP contribution in [0.2, 0.25) is 0 Å². The number of amides is 1. The summed E-state index contributed by atoms with van der Waals surface area (Å²) in [6, 6.07) is 7.61. The number of alkyl halides is 3. The molecular formula is C15H12F3N3O2. The van der Waals surface area contributed by atoms with Gasteiger partial charge in [0, 0.05) is 18.8 Å². The Balaban J connectivity index is 2.19. The Morgan fingerprint density at radius 1 is 1.22 bits per heavy atom. The van der Waals surface area contributed by atoms with E-state index in [0.29, 0.717) is 0 Å². The second-order valence-electron chi connectivity index (χ2n) is 4.62. The van der Waals surface area contributed by atoms with E-state index in [1.54, 1.807) is 0 Å². The van der Waals surface area contributed by atoms with E-state index in [4.69, 9.17) is 0 Å². The predicted octanol–water partition coefficient (Wildman–Crippen LogP) is 2.17. The summed E-state index contributed by atoms with van der Waals surface area (Å²) in [5.41, 5.74) is 0.296. The highest BCUT2D eigenvalue weighted by atomic mass is 19.4. The molecule has 1 heterocycles. The highest BCUT2D eigenvalue weighted by Crippen LogP contribution is 2.30. The van der Waals surface area contributed by atoms with E-state index < -0.39 is 23.2 Å². The normalized spacial score (nSPS) is 11.7. The lowest BCUT2D eigenvalue weighted by Gasteiger charge is -2.09. The van der Waals surface area contributed by atoms with Crippen molar-refractivity contribution in [2.75, 3.05) is 0 Å². The number of benzene rings is 1. The van der Waals surface area contributed by atoms with Gasteiger partial charge in [0.25, 0.3) is 11.5 Å². The van der Waals surface area contributed by atoms with Crippen molar-refractivity contribution in [1.29, 1.82) is 0 Å². The van der Waals surface area contributed by atoms with Gasteiger partial charge in [-0.25, -0.2) is 5.43 Å². The smallest absolute Gasteiger partial charge is 0.318 e. The Kier molecular flexibility index (Phi) is 4.63. The second kappa shape index (κ2) is 6.47. The molecule has 2 rings (SSSR count). The number of nitrogens with one attached hydrogen (secondary N) is 1. The molecule has 0 saturated heterocycles. The molecule has 1 amide bonds. The van der Waals surface area contributed by atoms with Crippen LogP contribution in [-0.4, -0.2) is 16.7 Å². The minimum atomic E-state index is -4.53. The molecule has 0 saturated carbocycles. The van der Waals surface area contributed by atoms with Crippen LogP contribution in [-0.2, 0) is 13.2 Å². The molecule has 5 nitrogen and oxygen atoms in total. The fourth-order valence-electron chi connectivity index (χ4n) is 1.86. The van der Waals surface area contributed by atoms with Crippen molar-refractivity contribution in [1.82, 2.24) is 9.99 Å². The van der Waals surface area contributed by atoms with Gasteiger partial charge in [-0.05, 0) is 18.2 Å². The molecule has 0 aliphatic heterocycles. The van der Waals surface area contributed by atoms with Crippen molar-refractivity contribution in [3.05, 3.63) is 69.6 Å². The maximum atomic E-state index is 12.8. The van der Waals surface area contributed by atoms with E-state index in [-0.39, 0.29) is 11.1 Å². The van der Waals surface area contributed by atoms with Crippen molar-refractivity contribution in [3.8, 4) is 0 Å². The standard InChI is InChI=1S/C15H12F3N3O2/c1-21-8-4-6-11(14(21)23)13(22)20-19-9-10-5-2-3-7-12(10)15(16,17)18/h2-9H,1H3,(H,20,22)/b19-9-. The predicted molar refractivity (Wildman–Crippen MR) is 78.2 cm³/mol. The Morgan fingerprint density at radius 2 is 1.91 bits per heavy atom. The van der Waals surface area contributed by atoms with Crippen molar-refractivity contribution in [3.63, 3.8) is 0 Å². The zero-order chi connectivity index (χ0) is 17.0. The average molecular weight is 323 g/mol. The summed E-state index contributed by atoms with van der Waals surface area (Å²) < 4.78 is 39.6. The van der Waals surface area contributed by atoms with Crippen LogP contribution in [0.15, 0.2) is 52.5 Å². The van der Waals surface area contributed by atoms with E-state index >= 15 is 0 Å². The van der Waals surface area contributed by atoms with E-state index in [9.17, 15) is 22.8 Å². The van der Waals surface area contributed by atoms with Gasteiger partial charge in [-0.3, -0.25) is 9.59 Å². The molecule has 1 aromatic carbocycles. The first-order valence-corrected chi connectivity index (χ1v) is 6.46. The first-order valence-electron chi connectivity index (χ1n) is 6.46. The SMILES string of the molecule is Cn1cccc(C(=O)N/N=C\c2ccccc2C(F)(F)F)c1=O. The van der Waals surface area contributed by atoms with Gasteiger partial charge in [0.1, 0.15) is 5.56 Å². The molecule has 0 spiro atoms. The maximum absolute atomic E-state index is 12.8. The van der Waals surface area contributed by atoms with Crippen molar-refractivity contribution in [2.45, 2.75) is 6.18 Å². The molecule has 0 fully saturated rings. The molecule has 120 valence electrons. The first kappa shape index (κ1) is 16.5. The van der Waals surface area contributed by atoms with Gasteiger partial charge >= 0.3 is 6.18 Å². The molecule has 0 radical (unpaired) electrons. The van der Waals surface area contributed by atoms with E-state index in [1.165, 1.54) is 48.1 Å². The van der Waals surface area contributed by atoms with Gasteiger partial charge in [0.05, 0.1) is 11.8 Å². The number of carbonyl (C=O) groups excluding carboxylic acids is 1. The zero-order valence-corrected chi connectivity index (χ0v) is 12.0. The quantitative estimate of drug-likeness (QED) is 0.695. The summed E-state index contributed by atoms with van der Waals surface area (Å²) in [5, 5.41) is 3.49. The number of aryl methyl sites for hydroxylation is 1. The number of hydrogen-bond acceptors (Lipinski definition) is 3. The fourth-order valence-corrected chi connectivity index (χ4v) is 1.86. The summed E-state index contributed by atoms with van der Waals surface area (Å²) >= 11 is 0. The lowest BCUT2D eigenvalue weighted by Crippen LogP contribution is -2.29. The minimum Gasteiger partial charge on any atom is -0.318 e. The topological polar surface area (TPSA) is 63.5 Å². The van der Waals surface area contributed by atoms with Crippen molar-refractivity contribution >= 4 is 12.1 Å². The van der Waals surface area contributed by atoms with Gasteiger partial charge in [-0.2, -0.15) is 18.3 Å². The summed E-state index contributed by atoms with van der Waals surface area (Å²) in [5.74, 6) is -0.799. The number of hydrazone groups is 1. The van der Waals surface area contributed by atoms with Gasteiger partial charge < -0.3 is 4.57 Å². The van der Waals surface area contributed by atoms with Crippen LogP contribution in [0.5, 0.6) is 0 Å². The number of pyridine rings is 1. The van der Waals surface area contributed by atoms with Crippen molar-refractivity contribution < 1.29 is 18.0 Å². The van der Waals surface area contributed by atoms with Crippen LogP contribution >= 0.6 is 0 Å². The summed E-state index contributed by atoms with van der Waals surface area (Å²) in [4.78, 5) is 23.6. The molecule has 0 aliphatic carbocycles. The maximum Gasteiger partial charge on any atom is 0.417 e. The van der Waals surface area contributed by atoms with Crippen LogP contribution in [0.1, 0.15) is 21.5 Å². The minimum absolute atomic E-state index is 0.156.